The van der Waals surface area contributed by atoms with Gasteiger partial charge in [-0.15, -0.1) is 0 Å². The summed E-state index contributed by atoms with van der Waals surface area (Å²) in [6.45, 7) is 2.75. The fourth-order valence-corrected chi connectivity index (χ4v) is 2.82. The number of nitrogens with one attached hydrogen (secondary N) is 1. The number of fused-ring (bicyclic) bond motifs is 1. The summed E-state index contributed by atoms with van der Waals surface area (Å²) < 4.78 is 4.95. The molecule has 1 heterocycles. The van der Waals surface area contributed by atoms with Crippen LogP contribution in [0.5, 0.6) is 0 Å². The predicted molar refractivity (Wildman–Crippen MR) is 62.4 cm³/mol. The lowest BCUT2D eigenvalue weighted by Gasteiger charge is -2.43. The first-order valence-corrected chi connectivity index (χ1v) is 6.39. The number of hydrogen-bond acceptors (Lipinski definition) is 4. The lowest BCUT2D eigenvalue weighted by atomic mass is 9.87. The average Bonchev–Trinajstić information content (AvgIpc) is 2.29. The molecular weight excluding hydrogens is 220 g/mol. The van der Waals surface area contributed by atoms with Gasteiger partial charge in [0.25, 0.3) is 0 Å². The van der Waals surface area contributed by atoms with Crippen molar-refractivity contribution >= 4 is 11.9 Å². The Labute approximate surface area is 101 Å². The van der Waals surface area contributed by atoms with E-state index in [9.17, 15) is 9.59 Å². The molecule has 0 bridgehead atoms. The first-order chi connectivity index (χ1) is 8.20. The Hall–Kier alpha value is -1.10. The normalized spacial score (nSPS) is 29.4. The van der Waals surface area contributed by atoms with Crippen molar-refractivity contribution in [2.24, 2.45) is 0 Å². The van der Waals surface area contributed by atoms with Crippen LogP contribution in [0, 0.1) is 0 Å². The minimum Gasteiger partial charge on any atom is -0.465 e. The highest BCUT2D eigenvalue weighted by atomic mass is 16.5. The Bertz CT molecular complexity index is 306. The fourth-order valence-electron chi connectivity index (χ4n) is 2.82. The third-order valence-corrected chi connectivity index (χ3v) is 3.53. The third kappa shape index (κ3) is 2.97. The van der Waals surface area contributed by atoms with Crippen LogP contribution in [0.15, 0.2) is 0 Å². The summed E-state index contributed by atoms with van der Waals surface area (Å²) in [5.74, 6) is -0.205. The van der Waals surface area contributed by atoms with E-state index in [1.54, 1.807) is 6.92 Å². The van der Waals surface area contributed by atoms with Gasteiger partial charge in [-0.05, 0) is 19.8 Å². The number of hydrogen-bond donors (Lipinski definition) is 1. The highest BCUT2D eigenvalue weighted by molar-refractivity contribution is 5.80. The van der Waals surface area contributed by atoms with Gasteiger partial charge in [0.15, 0.2) is 0 Å². The minimum absolute atomic E-state index is 0.0254. The maximum absolute atomic E-state index is 11.6. The van der Waals surface area contributed by atoms with E-state index in [1.165, 1.54) is 6.42 Å². The predicted octanol–water partition coefficient (Wildman–Crippen LogP) is 0.293. The van der Waals surface area contributed by atoms with Gasteiger partial charge in [-0.25, -0.2) is 0 Å². The molecular formula is C12H20N2O3. The van der Waals surface area contributed by atoms with Crippen molar-refractivity contribution in [3.63, 3.8) is 0 Å². The summed E-state index contributed by atoms with van der Waals surface area (Å²) in [4.78, 5) is 25.0. The quantitative estimate of drug-likeness (QED) is 0.720. The van der Waals surface area contributed by atoms with Crippen molar-refractivity contribution in [1.29, 1.82) is 0 Å². The molecule has 1 saturated heterocycles. The first kappa shape index (κ1) is 12.4. The molecule has 1 aliphatic carbocycles. The molecule has 2 fully saturated rings. The smallest absolute Gasteiger partial charge is 0.320 e. The maximum Gasteiger partial charge on any atom is 0.320 e. The van der Waals surface area contributed by atoms with Crippen LogP contribution in [0.2, 0.25) is 0 Å². The Morgan fingerprint density at radius 3 is 3.00 bits per heavy atom. The van der Waals surface area contributed by atoms with E-state index in [-0.39, 0.29) is 24.5 Å². The van der Waals surface area contributed by atoms with Crippen molar-refractivity contribution in [3.8, 4) is 0 Å². The number of ether oxygens (including phenoxy) is 1. The van der Waals surface area contributed by atoms with E-state index >= 15 is 0 Å². The zero-order valence-electron chi connectivity index (χ0n) is 10.3. The molecule has 1 saturated carbocycles. The third-order valence-electron chi connectivity index (χ3n) is 3.53. The zero-order valence-corrected chi connectivity index (χ0v) is 10.3. The van der Waals surface area contributed by atoms with E-state index in [0.717, 1.165) is 19.3 Å². The summed E-state index contributed by atoms with van der Waals surface area (Å²) in [6.07, 6.45) is 4.42. The molecule has 1 amide bonds. The second kappa shape index (κ2) is 5.49. The fraction of sp³-hybridized carbons (Fsp3) is 0.833. The molecule has 2 aliphatic rings. The Balaban J connectivity index is 1.98. The van der Waals surface area contributed by atoms with Crippen LogP contribution >= 0.6 is 0 Å². The van der Waals surface area contributed by atoms with Crippen molar-refractivity contribution < 1.29 is 14.3 Å². The molecule has 1 N–H and O–H groups in total. The van der Waals surface area contributed by atoms with Gasteiger partial charge in [0.05, 0.1) is 19.7 Å². The number of nitrogens with zero attached hydrogens (tertiary/aromatic N) is 1. The molecule has 2 rings (SSSR count). The van der Waals surface area contributed by atoms with Crippen LogP contribution in [-0.2, 0) is 14.3 Å². The van der Waals surface area contributed by atoms with Crippen molar-refractivity contribution in [1.82, 2.24) is 10.2 Å². The van der Waals surface area contributed by atoms with E-state index < -0.39 is 0 Å². The standard InChI is InChI=1S/C12H20N2O3/c1-2-17-12(16)8-14-7-11(15)13-9-5-3-4-6-10(9)14/h9-10H,2-8H2,1H3,(H,13,15)/t9-,10-/m1/s1. The highest BCUT2D eigenvalue weighted by Gasteiger charge is 2.37. The van der Waals surface area contributed by atoms with Crippen LogP contribution in [0.4, 0.5) is 0 Å². The lowest BCUT2D eigenvalue weighted by molar-refractivity contribution is -0.147. The molecule has 1 aliphatic heterocycles. The van der Waals surface area contributed by atoms with Crippen LogP contribution < -0.4 is 5.32 Å². The van der Waals surface area contributed by atoms with Crippen molar-refractivity contribution in [2.75, 3.05) is 19.7 Å². The second-order valence-electron chi connectivity index (χ2n) is 4.74. The van der Waals surface area contributed by atoms with Gasteiger partial charge in [0.1, 0.15) is 0 Å². The summed E-state index contributed by atoms with van der Waals surface area (Å²) >= 11 is 0. The van der Waals surface area contributed by atoms with Crippen LogP contribution in [0.25, 0.3) is 0 Å². The van der Waals surface area contributed by atoms with E-state index in [4.69, 9.17) is 4.74 Å². The van der Waals surface area contributed by atoms with Gasteiger partial charge >= 0.3 is 5.97 Å². The largest absolute Gasteiger partial charge is 0.465 e. The van der Waals surface area contributed by atoms with Gasteiger partial charge in [0.2, 0.25) is 5.91 Å². The molecule has 0 unspecified atom stereocenters. The SMILES string of the molecule is CCOC(=O)CN1CC(=O)N[C@@H]2CCCC[C@H]21. The van der Waals surface area contributed by atoms with Gasteiger partial charge in [-0.1, -0.05) is 12.8 Å². The molecule has 0 radical (unpaired) electrons. The number of piperazine rings is 1. The highest BCUT2D eigenvalue weighted by Crippen LogP contribution is 2.25. The maximum atomic E-state index is 11.6. The Morgan fingerprint density at radius 1 is 1.47 bits per heavy atom. The number of rotatable bonds is 3. The molecule has 96 valence electrons. The summed E-state index contributed by atoms with van der Waals surface area (Å²) in [5, 5.41) is 3.02. The number of carbonyl (C=O) groups is 2. The van der Waals surface area contributed by atoms with Crippen molar-refractivity contribution in [2.45, 2.75) is 44.7 Å². The van der Waals surface area contributed by atoms with E-state index in [0.29, 0.717) is 19.2 Å². The van der Waals surface area contributed by atoms with Gasteiger partial charge in [-0.2, -0.15) is 0 Å². The second-order valence-corrected chi connectivity index (χ2v) is 4.74. The Morgan fingerprint density at radius 2 is 2.24 bits per heavy atom. The van der Waals surface area contributed by atoms with Crippen LogP contribution in [-0.4, -0.2) is 48.6 Å². The van der Waals surface area contributed by atoms with Crippen LogP contribution in [0.3, 0.4) is 0 Å². The van der Waals surface area contributed by atoms with Gasteiger partial charge in [-0.3, -0.25) is 14.5 Å². The molecule has 0 spiro atoms. The van der Waals surface area contributed by atoms with E-state index in [2.05, 4.69) is 5.32 Å². The zero-order chi connectivity index (χ0) is 12.3. The summed E-state index contributed by atoms with van der Waals surface area (Å²) in [7, 11) is 0. The molecule has 17 heavy (non-hydrogen) atoms. The topological polar surface area (TPSA) is 58.6 Å². The number of carbonyl (C=O) groups excluding carboxylic acids is 2. The van der Waals surface area contributed by atoms with Crippen LogP contribution in [0.1, 0.15) is 32.6 Å². The molecule has 5 nitrogen and oxygen atoms in total. The average molecular weight is 240 g/mol. The minimum atomic E-state index is -0.230. The summed E-state index contributed by atoms with van der Waals surface area (Å²) in [6, 6.07) is 0.533. The summed E-state index contributed by atoms with van der Waals surface area (Å²) in [5.41, 5.74) is 0. The molecule has 0 aromatic rings. The Kier molecular flexibility index (Phi) is 3.99. The lowest BCUT2D eigenvalue weighted by Crippen LogP contribution is -2.62. The monoisotopic (exact) mass is 240 g/mol. The molecule has 0 aromatic heterocycles. The number of esters is 1. The first-order valence-electron chi connectivity index (χ1n) is 6.39. The van der Waals surface area contributed by atoms with Gasteiger partial charge in [0, 0.05) is 12.1 Å². The molecule has 0 aromatic carbocycles. The molecule has 5 heteroatoms. The van der Waals surface area contributed by atoms with E-state index in [1.807, 2.05) is 4.90 Å². The number of amides is 1. The van der Waals surface area contributed by atoms with Gasteiger partial charge < -0.3 is 10.1 Å². The molecule has 2 atom stereocenters. The van der Waals surface area contributed by atoms with Crippen molar-refractivity contribution in [3.05, 3.63) is 0 Å².